The zero-order chi connectivity index (χ0) is 15.4. The first-order valence-electron chi connectivity index (χ1n) is 7.60. The van der Waals surface area contributed by atoms with Gasteiger partial charge in [-0.3, -0.25) is 9.69 Å². The van der Waals surface area contributed by atoms with Crippen LogP contribution in [0.1, 0.15) is 27.7 Å². The van der Waals surface area contributed by atoms with Crippen molar-refractivity contribution >= 4 is 16.6 Å². The second kappa shape index (κ2) is 6.76. The molecular weight excluding hydrogens is 262 g/mol. The van der Waals surface area contributed by atoms with Gasteiger partial charge in [0, 0.05) is 30.6 Å². The number of aromatic amines is 1. The molecule has 0 saturated carbocycles. The molecule has 0 radical (unpaired) electrons. The molecule has 0 amide bonds. The first-order chi connectivity index (χ1) is 9.99. The second-order valence-corrected chi connectivity index (χ2v) is 5.95. The Hall–Kier alpha value is -1.81. The minimum absolute atomic E-state index is 0.0415. The Morgan fingerprint density at radius 3 is 2.48 bits per heavy atom. The fraction of sp³-hybridized carbons (Fsp3) is 0.471. The Morgan fingerprint density at radius 1 is 1.14 bits per heavy atom. The molecule has 4 nitrogen and oxygen atoms in total. The van der Waals surface area contributed by atoms with Crippen molar-refractivity contribution in [3.8, 4) is 0 Å². The first-order valence-corrected chi connectivity index (χ1v) is 7.60. The van der Waals surface area contributed by atoms with E-state index in [9.17, 15) is 4.79 Å². The Bertz CT molecular complexity index is 638. The largest absolute Gasteiger partial charge is 0.370 e. The van der Waals surface area contributed by atoms with Crippen LogP contribution in [0.2, 0.25) is 0 Å². The van der Waals surface area contributed by atoms with Crippen LogP contribution in [-0.2, 0) is 0 Å². The van der Waals surface area contributed by atoms with Crippen molar-refractivity contribution in [2.45, 2.75) is 39.8 Å². The highest BCUT2D eigenvalue weighted by Gasteiger charge is 2.12. The molecule has 0 fully saturated rings. The molecule has 4 heteroatoms. The van der Waals surface area contributed by atoms with E-state index in [1.54, 1.807) is 0 Å². The molecule has 2 rings (SSSR count). The number of hydrogen-bond donors (Lipinski definition) is 2. The van der Waals surface area contributed by atoms with Crippen LogP contribution < -0.4 is 10.9 Å². The van der Waals surface area contributed by atoms with Crippen LogP contribution in [0.25, 0.3) is 10.8 Å². The van der Waals surface area contributed by atoms with Crippen LogP contribution in [0.4, 0.5) is 5.82 Å². The fourth-order valence-electron chi connectivity index (χ4n) is 2.74. The normalized spacial score (nSPS) is 11.8. The molecule has 114 valence electrons. The summed E-state index contributed by atoms with van der Waals surface area (Å²) in [5, 5.41) is 5.02. The van der Waals surface area contributed by atoms with Crippen LogP contribution in [0.3, 0.4) is 0 Å². The summed E-state index contributed by atoms with van der Waals surface area (Å²) in [6, 6.07) is 10.7. The van der Waals surface area contributed by atoms with Gasteiger partial charge in [0.05, 0.1) is 0 Å². The van der Waals surface area contributed by atoms with E-state index >= 15 is 0 Å². The van der Waals surface area contributed by atoms with Gasteiger partial charge in [-0.25, -0.2) is 0 Å². The monoisotopic (exact) mass is 287 g/mol. The second-order valence-electron chi connectivity index (χ2n) is 5.95. The van der Waals surface area contributed by atoms with Crippen molar-refractivity contribution < 1.29 is 0 Å². The number of fused-ring (bicyclic) bond motifs is 1. The minimum atomic E-state index is -0.0415. The highest BCUT2D eigenvalue weighted by molar-refractivity contribution is 5.83. The van der Waals surface area contributed by atoms with E-state index in [-0.39, 0.29) is 5.56 Å². The van der Waals surface area contributed by atoms with Crippen LogP contribution in [0.5, 0.6) is 0 Å². The fourth-order valence-corrected chi connectivity index (χ4v) is 2.74. The predicted octanol–water partition coefficient (Wildman–Crippen LogP) is 3.06. The van der Waals surface area contributed by atoms with Crippen LogP contribution in [0, 0.1) is 0 Å². The molecule has 0 aliphatic carbocycles. The van der Waals surface area contributed by atoms with Gasteiger partial charge in [0.25, 0.3) is 5.56 Å². The molecule has 21 heavy (non-hydrogen) atoms. The summed E-state index contributed by atoms with van der Waals surface area (Å²) < 4.78 is 0. The van der Waals surface area contributed by atoms with Gasteiger partial charge in [-0.2, -0.15) is 0 Å². The molecule has 0 bridgehead atoms. The van der Waals surface area contributed by atoms with Crippen molar-refractivity contribution in [2.75, 3.05) is 18.4 Å². The molecule has 0 aliphatic heterocycles. The third-order valence-electron chi connectivity index (χ3n) is 3.77. The van der Waals surface area contributed by atoms with Crippen molar-refractivity contribution in [2.24, 2.45) is 0 Å². The molecule has 0 spiro atoms. The van der Waals surface area contributed by atoms with E-state index in [0.29, 0.717) is 12.1 Å². The number of H-pyrrole nitrogens is 1. The highest BCUT2D eigenvalue weighted by atomic mass is 16.1. The maximum atomic E-state index is 12.0. The summed E-state index contributed by atoms with van der Waals surface area (Å²) in [4.78, 5) is 17.3. The number of nitrogens with zero attached hydrogens (tertiary/aromatic N) is 1. The lowest BCUT2D eigenvalue weighted by molar-refractivity contribution is 0.182. The lowest BCUT2D eigenvalue weighted by Crippen LogP contribution is -2.40. The van der Waals surface area contributed by atoms with E-state index in [1.807, 2.05) is 30.3 Å². The van der Waals surface area contributed by atoms with Gasteiger partial charge < -0.3 is 10.3 Å². The molecule has 0 unspecified atom stereocenters. The Balaban J connectivity index is 2.05. The van der Waals surface area contributed by atoms with Crippen molar-refractivity contribution in [3.63, 3.8) is 0 Å². The number of nitrogens with one attached hydrogen (secondary N) is 2. The number of rotatable bonds is 6. The highest BCUT2D eigenvalue weighted by Crippen LogP contribution is 2.12. The average Bonchev–Trinajstić information content (AvgIpc) is 2.43. The molecule has 1 aromatic heterocycles. The zero-order valence-corrected chi connectivity index (χ0v) is 13.3. The van der Waals surface area contributed by atoms with E-state index in [1.165, 1.54) is 0 Å². The topological polar surface area (TPSA) is 48.1 Å². The van der Waals surface area contributed by atoms with Crippen LogP contribution in [0.15, 0.2) is 35.1 Å². The average molecular weight is 287 g/mol. The van der Waals surface area contributed by atoms with E-state index < -0.39 is 0 Å². The van der Waals surface area contributed by atoms with E-state index in [0.717, 1.165) is 29.7 Å². The molecule has 1 heterocycles. The number of aromatic nitrogens is 1. The molecule has 2 aromatic rings. The Labute approximate surface area is 126 Å². The van der Waals surface area contributed by atoms with Gasteiger partial charge in [-0.15, -0.1) is 0 Å². The number of hydrogen-bond acceptors (Lipinski definition) is 3. The summed E-state index contributed by atoms with van der Waals surface area (Å²) in [7, 11) is 0. The minimum Gasteiger partial charge on any atom is -0.370 e. The number of benzene rings is 1. The van der Waals surface area contributed by atoms with Crippen LogP contribution in [-0.4, -0.2) is 35.1 Å². The molecule has 1 aromatic carbocycles. The quantitative estimate of drug-likeness (QED) is 0.858. The standard InChI is InChI=1S/C17H25N3O/c1-12(2)20(13(3)4)10-9-18-16-11-14-7-5-6-8-15(14)17(21)19-16/h5-8,11-13H,9-10H2,1-4H3,(H2,18,19,21). The summed E-state index contributed by atoms with van der Waals surface area (Å²) in [5.41, 5.74) is -0.0415. The lowest BCUT2D eigenvalue weighted by atomic mass is 10.2. The summed E-state index contributed by atoms with van der Waals surface area (Å²) in [5.74, 6) is 0.783. The van der Waals surface area contributed by atoms with Crippen LogP contribution >= 0.6 is 0 Å². The van der Waals surface area contributed by atoms with Gasteiger partial charge in [-0.1, -0.05) is 18.2 Å². The van der Waals surface area contributed by atoms with Crippen molar-refractivity contribution in [1.29, 1.82) is 0 Å². The summed E-state index contributed by atoms with van der Waals surface area (Å²) in [6.45, 7) is 10.6. The maximum absolute atomic E-state index is 12.0. The lowest BCUT2D eigenvalue weighted by Gasteiger charge is -2.30. The third-order valence-corrected chi connectivity index (χ3v) is 3.77. The third kappa shape index (κ3) is 3.85. The van der Waals surface area contributed by atoms with Crippen molar-refractivity contribution in [3.05, 3.63) is 40.7 Å². The predicted molar refractivity (Wildman–Crippen MR) is 90.0 cm³/mol. The maximum Gasteiger partial charge on any atom is 0.257 e. The summed E-state index contributed by atoms with van der Waals surface area (Å²) >= 11 is 0. The van der Waals surface area contributed by atoms with Gasteiger partial charge in [0.15, 0.2) is 0 Å². The number of anilines is 1. The van der Waals surface area contributed by atoms with Gasteiger partial charge in [0.1, 0.15) is 5.82 Å². The molecular formula is C17H25N3O. The molecule has 0 aliphatic rings. The number of pyridine rings is 1. The Kier molecular flexibility index (Phi) is 5.02. The molecule has 2 N–H and O–H groups in total. The Morgan fingerprint density at radius 2 is 1.81 bits per heavy atom. The van der Waals surface area contributed by atoms with Crippen molar-refractivity contribution in [1.82, 2.24) is 9.88 Å². The smallest absolute Gasteiger partial charge is 0.257 e. The molecule has 0 atom stereocenters. The van der Waals surface area contributed by atoms with Gasteiger partial charge in [0.2, 0.25) is 0 Å². The van der Waals surface area contributed by atoms with Gasteiger partial charge >= 0.3 is 0 Å². The SMILES string of the molecule is CC(C)N(CCNc1cc2ccccc2c(=O)[nH]1)C(C)C. The van der Waals surface area contributed by atoms with E-state index in [2.05, 4.69) is 42.9 Å². The zero-order valence-electron chi connectivity index (χ0n) is 13.3. The molecule has 0 saturated heterocycles. The first kappa shape index (κ1) is 15.6. The van der Waals surface area contributed by atoms with E-state index in [4.69, 9.17) is 0 Å². The summed E-state index contributed by atoms with van der Waals surface area (Å²) in [6.07, 6.45) is 0. The van der Waals surface area contributed by atoms with Gasteiger partial charge in [-0.05, 0) is 45.2 Å².